The summed E-state index contributed by atoms with van der Waals surface area (Å²) in [5, 5.41) is 0.340. The molecule has 2 rings (SSSR count). The maximum atomic E-state index is 12.0. The summed E-state index contributed by atoms with van der Waals surface area (Å²) in [7, 11) is 0. The molecule has 1 unspecified atom stereocenters. The van der Waals surface area contributed by atoms with Crippen LogP contribution in [-0.4, -0.2) is 24.1 Å². The van der Waals surface area contributed by atoms with E-state index in [2.05, 4.69) is 6.92 Å². The van der Waals surface area contributed by atoms with Gasteiger partial charge in [0.25, 0.3) is 11.7 Å². The number of Topliss-reactive ketones (excluding diaryl/α,β-unsaturated/α-hetero) is 1. The van der Waals surface area contributed by atoms with Gasteiger partial charge in [0.1, 0.15) is 0 Å². The lowest BCUT2D eigenvalue weighted by molar-refractivity contribution is -0.114. The zero-order valence-electron chi connectivity index (χ0n) is 10.7. The SMILES string of the molecule is CC(CCCl)CCN1C(=O)C(=O)c2c(Cl)cccc21. The minimum absolute atomic E-state index is 0.333. The summed E-state index contributed by atoms with van der Waals surface area (Å²) in [5.74, 6) is 0.0339. The first-order chi connectivity index (χ1) is 9.06. The monoisotopic (exact) mass is 299 g/mol. The van der Waals surface area contributed by atoms with Crippen LogP contribution in [0.1, 0.15) is 30.1 Å². The maximum Gasteiger partial charge on any atom is 0.299 e. The Bertz CT molecular complexity index is 516. The van der Waals surface area contributed by atoms with Crippen molar-refractivity contribution < 1.29 is 9.59 Å². The van der Waals surface area contributed by atoms with Gasteiger partial charge in [-0.25, -0.2) is 0 Å². The minimum Gasteiger partial charge on any atom is -0.305 e. The highest BCUT2D eigenvalue weighted by molar-refractivity contribution is 6.55. The van der Waals surface area contributed by atoms with Crippen LogP contribution in [0, 0.1) is 5.92 Å². The van der Waals surface area contributed by atoms with E-state index in [9.17, 15) is 9.59 Å². The smallest absolute Gasteiger partial charge is 0.299 e. The van der Waals surface area contributed by atoms with E-state index in [4.69, 9.17) is 23.2 Å². The third-order valence-electron chi connectivity index (χ3n) is 3.40. The molecule has 102 valence electrons. The summed E-state index contributed by atoms with van der Waals surface area (Å²) in [6.07, 6.45) is 1.72. The van der Waals surface area contributed by atoms with Crippen molar-refractivity contribution in [3.05, 3.63) is 28.8 Å². The third kappa shape index (κ3) is 2.77. The molecule has 19 heavy (non-hydrogen) atoms. The Kier molecular flexibility index (Phi) is 4.48. The molecule has 0 spiro atoms. The van der Waals surface area contributed by atoms with E-state index < -0.39 is 11.7 Å². The molecule has 5 heteroatoms. The molecule has 1 aliphatic heterocycles. The van der Waals surface area contributed by atoms with Crippen LogP contribution in [0.4, 0.5) is 5.69 Å². The number of hydrogen-bond donors (Lipinski definition) is 0. The van der Waals surface area contributed by atoms with E-state index in [-0.39, 0.29) is 0 Å². The third-order valence-corrected chi connectivity index (χ3v) is 3.93. The van der Waals surface area contributed by atoms with E-state index in [1.807, 2.05) is 0 Å². The highest BCUT2D eigenvalue weighted by atomic mass is 35.5. The van der Waals surface area contributed by atoms with Crippen LogP contribution in [0.25, 0.3) is 0 Å². The topological polar surface area (TPSA) is 37.4 Å². The average molecular weight is 300 g/mol. The highest BCUT2D eigenvalue weighted by Gasteiger charge is 2.37. The maximum absolute atomic E-state index is 12.0. The molecule has 0 fully saturated rings. The van der Waals surface area contributed by atoms with Crippen molar-refractivity contribution in [1.82, 2.24) is 0 Å². The minimum atomic E-state index is -0.509. The molecular formula is C14H15Cl2NO2. The molecule has 0 bridgehead atoms. The molecule has 0 saturated heterocycles. The van der Waals surface area contributed by atoms with Gasteiger partial charge in [0.2, 0.25) is 0 Å². The molecule has 0 aromatic heterocycles. The fourth-order valence-electron chi connectivity index (χ4n) is 2.20. The van der Waals surface area contributed by atoms with Crippen molar-refractivity contribution in [3.8, 4) is 0 Å². The van der Waals surface area contributed by atoms with Crippen LogP contribution in [0.5, 0.6) is 0 Å². The lowest BCUT2D eigenvalue weighted by Gasteiger charge is -2.18. The second kappa shape index (κ2) is 5.93. The quantitative estimate of drug-likeness (QED) is 0.616. The first-order valence-electron chi connectivity index (χ1n) is 6.27. The van der Waals surface area contributed by atoms with Gasteiger partial charge >= 0.3 is 0 Å². The van der Waals surface area contributed by atoms with E-state index in [0.717, 1.165) is 12.8 Å². The number of alkyl halides is 1. The number of nitrogens with zero attached hydrogens (tertiary/aromatic N) is 1. The van der Waals surface area contributed by atoms with Crippen molar-refractivity contribution in [2.75, 3.05) is 17.3 Å². The lowest BCUT2D eigenvalue weighted by Crippen LogP contribution is -2.31. The van der Waals surface area contributed by atoms with Gasteiger partial charge in [-0.2, -0.15) is 0 Å². The summed E-state index contributed by atoms with van der Waals surface area (Å²) in [6.45, 7) is 2.61. The van der Waals surface area contributed by atoms with Gasteiger partial charge in [0.15, 0.2) is 0 Å². The first kappa shape index (κ1) is 14.4. The number of fused-ring (bicyclic) bond motifs is 1. The molecule has 3 nitrogen and oxygen atoms in total. The Hall–Kier alpha value is -1.06. The molecular weight excluding hydrogens is 285 g/mol. The van der Waals surface area contributed by atoms with Crippen LogP contribution < -0.4 is 4.90 Å². The second-order valence-corrected chi connectivity index (χ2v) is 5.58. The number of carbonyl (C=O) groups is 2. The first-order valence-corrected chi connectivity index (χ1v) is 7.18. The molecule has 1 aromatic carbocycles. The van der Waals surface area contributed by atoms with Gasteiger partial charge in [-0.3, -0.25) is 9.59 Å². The van der Waals surface area contributed by atoms with E-state index in [0.29, 0.717) is 34.6 Å². The highest BCUT2D eigenvalue weighted by Crippen LogP contribution is 2.34. The number of anilines is 1. The molecule has 0 saturated carbocycles. The van der Waals surface area contributed by atoms with Gasteiger partial charge in [-0.1, -0.05) is 24.6 Å². The number of carbonyl (C=O) groups excluding carboxylic acids is 2. The lowest BCUT2D eigenvalue weighted by atomic mass is 10.1. The Morgan fingerprint density at radius 2 is 2.00 bits per heavy atom. The van der Waals surface area contributed by atoms with Crippen LogP contribution in [0.15, 0.2) is 18.2 Å². The predicted octanol–water partition coefficient (Wildman–Crippen LogP) is 3.52. The summed E-state index contributed by atoms with van der Waals surface area (Å²) in [6, 6.07) is 5.14. The van der Waals surface area contributed by atoms with E-state index in [1.54, 1.807) is 18.2 Å². The van der Waals surface area contributed by atoms with E-state index >= 15 is 0 Å². The summed E-state index contributed by atoms with van der Waals surface area (Å²) in [4.78, 5) is 25.4. The van der Waals surface area contributed by atoms with Crippen molar-refractivity contribution in [2.45, 2.75) is 19.8 Å². The summed E-state index contributed by atoms with van der Waals surface area (Å²) in [5.41, 5.74) is 0.958. The largest absolute Gasteiger partial charge is 0.305 e. The fraction of sp³-hybridized carbons (Fsp3) is 0.429. The van der Waals surface area contributed by atoms with Crippen LogP contribution in [0.2, 0.25) is 5.02 Å². The number of amides is 1. The number of ketones is 1. The van der Waals surface area contributed by atoms with Gasteiger partial charge in [-0.05, 0) is 30.9 Å². The van der Waals surface area contributed by atoms with Gasteiger partial charge in [-0.15, -0.1) is 11.6 Å². The van der Waals surface area contributed by atoms with Gasteiger partial charge < -0.3 is 4.90 Å². The molecule has 0 aliphatic carbocycles. The zero-order valence-corrected chi connectivity index (χ0v) is 12.2. The number of benzene rings is 1. The molecule has 1 heterocycles. The van der Waals surface area contributed by atoms with Crippen molar-refractivity contribution in [1.29, 1.82) is 0 Å². The molecule has 1 aliphatic rings. The van der Waals surface area contributed by atoms with E-state index in [1.165, 1.54) is 4.90 Å². The van der Waals surface area contributed by atoms with Gasteiger partial charge in [0, 0.05) is 12.4 Å². The number of hydrogen-bond acceptors (Lipinski definition) is 2. The molecule has 0 radical (unpaired) electrons. The molecule has 0 N–H and O–H groups in total. The molecule has 1 atom stereocenters. The van der Waals surface area contributed by atoms with Crippen LogP contribution in [0.3, 0.4) is 0 Å². The normalized spacial score (nSPS) is 15.8. The van der Waals surface area contributed by atoms with Crippen LogP contribution in [-0.2, 0) is 4.79 Å². The predicted molar refractivity (Wildman–Crippen MR) is 77.3 cm³/mol. The van der Waals surface area contributed by atoms with Crippen molar-refractivity contribution in [3.63, 3.8) is 0 Å². The fourth-order valence-corrected chi connectivity index (χ4v) is 2.83. The standard InChI is InChI=1S/C14H15Cl2NO2/c1-9(5-7-15)6-8-17-11-4-2-3-10(16)12(11)13(18)14(17)19/h2-4,9H,5-8H2,1H3. The Morgan fingerprint density at radius 3 is 2.68 bits per heavy atom. The Balaban J connectivity index is 2.17. The summed E-state index contributed by atoms with van der Waals surface area (Å²) >= 11 is 11.7. The zero-order chi connectivity index (χ0) is 14.0. The second-order valence-electron chi connectivity index (χ2n) is 4.79. The Labute approximate surface area is 122 Å². The molecule has 1 amide bonds. The average Bonchev–Trinajstić information content (AvgIpc) is 2.61. The van der Waals surface area contributed by atoms with Gasteiger partial charge in [0.05, 0.1) is 16.3 Å². The molecule has 1 aromatic rings. The Morgan fingerprint density at radius 1 is 1.26 bits per heavy atom. The number of halogens is 2. The van der Waals surface area contributed by atoms with Crippen molar-refractivity contribution in [2.24, 2.45) is 5.92 Å². The summed E-state index contributed by atoms with van der Waals surface area (Å²) < 4.78 is 0. The van der Waals surface area contributed by atoms with Crippen molar-refractivity contribution >= 4 is 40.6 Å². The van der Waals surface area contributed by atoms with Crippen LogP contribution >= 0.6 is 23.2 Å². The number of rotatable bonds is 5.